The van der Waals surface area contributed by atoms with E-state index < -0.39 is 0 Å². The molecule has 1 saturated heterocycles. The minimum atomic E-state index is 0.131. The van der Waals surface area contributed by atoms with Crippen molar-refractivity contribution in [3.05, 3.63) is 32.7 Å². The van der Waals surface area contributed by atoms with Crippen LogP contribution in [0.3, 0.4) is 0 Å². The standard InChI is InChI=1S/C15H20Br2N2O/c1-2-9-19(12-5-7-18-8-6-12)15(20)13-10-11(16)3-4-14(13)17/h3-4,10,12,18H,2,5-9H2,1H3. The first-order chi connectivity index (χ1) is 9.63. The van der Waals surface area contributed by atoms with Crippen molar-refractivity contribution >= 4 is 37.8 Å². The molecular formula is C15H20Br2N2O. The lowest BCUT2D eigenvalue weighted by molar-refractivity contribution is 0.0641. The second-order valence-corrected chi connectivity index (χ2v) is 6.87. The molecule has 0 atom stereocenters. The van der Waals surface area contributed by atoms with Gasteiger partial charge in [0.15, 0.2) is 0 Å². The van der Waals surface area contributed by atoms with Gasteiger partial charge in [-0.15, -0.1) is 0 Å². The molecule has 1 aromatic rings. The Hall–Kier alpha value is -0.390. The molecule has 0 unspecified atom stereocenters. The third-order valence-electron chi connectivity index (χ3n) is 3.63. The van der Waals surface area contributed by atoms with Crippen molar-refractivity contribution in [1.82, 2.24) is 10.2 Å². The van der Waals surface area contributed by atoms with Gasteiger partial charge in [0, 0.05) is 21.5 Å². The van der Waals surface area contributed by atoms with E-state index in [9.17, 15) is 4.79 Å². The van der Waals surface area contributed by atoms with Crippen LogP contribution in [-0.2, 0) is 0 Å². The highest BCUT2D eigenvalue weighted by atomic mass is 79.9. The number of halogens is 2. The van der Waals surface area contributed by atoms with E-state index in [0.717, 1.165) is 53.4 Å². The van der Waals surface area contributed by atoms with Crippen molar-refractivity contribution in [3.63, 3.8) is 0 Å². The molecule has 5 heteroatoms. The zero-order valence-electron chi connectivity index (χ0n) is 11.7. The van der Waals surface area contributed by atoms with E-state index in [-0.39, 0.29) is 5.91 Å². The predicted octanol–water partition coefficient (Wildman–Crippen LogP) is 3.82. The quantitative estimate of drug-likeness (QED) is 0.828. The Labute approximate surface area is 137 Å². The molecule has 3 nitrogen and oxygen atoms in total. The van der Waals surface area contributed by atoms with E-state index in [1.54, 1.807) is 0 Å². The normalized spacial score (nSPS) is 16.1. The average molecular weight is 404 g/mol. The smallest absolute Gasteiger partial charge is 0.255 e. The second-order valence-electron chi connectivity index (χ2n) is 5.10. The first-order valence-electron chi connectivity index (χ1n) is 7.10. The van der Waals surface area contributed by atoms with Crippen LogP contribution in [-0.4, -0.2) is 36.5 Å². The maximum absolute atomic E-state index is 12.9. The van der Waals surface area contributed by atoms with Crippen molar-refractivity contribution < 1.29 is 4.79 Å². The van der Waals surface area contributed by atoms with Crippen molar-refractivity contribution in [1.29, 1.82) is 0 Å². The van der Waals surface area contributed by atoms with Gasteiger partial charge in [0.1, 0.15) is 0 Å². The summed E-state index contributed by atoms with van der Waals surface area (Å²) in [6, 6.07) is 6.12. The number of amides is 1. The van der Waals surface area contributed by atoms with E-state index in [1.807, 2.05) is 23.1 Å². The summed E-state index contributed by atoms with van der Waals surface area (Å²) in [5.41, 5.74) is 0.742. The molecule has 110 valence electrons. The van der Waals surface area contributed by atoms with Gasteiger partial charge in [-0.05, 0) is 66.5 Å². The SMILES string of the molecule is CCCN(C(=O)c1cc(Br)ccc1Br)C1CCNCC1. The van der Waals surface area contributed by atoms with Gasteiger partial charge >= 0.3 is 0 Å². The first-order valence-corrected chi connectivity index (χ1v) is 8.68. The molecule has 1 aliphatic rings. The van der Waals surface area contributed by atoms with Crippen LogP contribution in [0.15, 0.2) is 27.1 Å². The van der Waals surface area contributed by atoms with E-state index >= 15 is 0 Å². The lowest BCUT2D eigenvalue weighted by Gasteiger charge is -2.35. The zero-order chi connectivity index (χ0) is 14.5. The molecule has 1 aromatic carbocycles. The van der Waals surface area contributed by atoms with E-state index in [4.69, 9.17) is 0 Å². The summed E-state index contributed by atoms with van der Waals surface area (Å²) in [6.45, 7) is 4.94. The Morgan fingerprint density at radius 3 is 2.70 bits per heavy atom. The predicted molar refractivity (Wildman–Crippen MR) is 89.1 cm³/mol. The molecule has 0 spiro atoms. The molecule has 1 fully saturated rings. The van der Waals surface area contributed by atoms with Gasteiger partial charge < -0.3 is 10.2 Å². The molecule has 1 amide bonds. The van der Waals surface area contributed by atoms with Crippen molar-refractivity contribution in [2.24, 2.45) is 0 Å². The van der Waals surface area contributed by atoms with Crippen molar-refractivity contribution in [3.8, 4) is 0 Å². The fraction of sp³-hybridized carbons (Fsp3) is 0.533. The fourth-order valence-corrected chi connectivity index (χ4v) is 3.40. The van der Waals surface area contributed by atoms with Crippen LogP contribution in [0, 0.1) is 0 Å². The van der Waals surface area contributed by atoms with E-state index in [2.05, 4.69) is 44.1 Å². The van der Waals surface area contributed by atoms with Crippen LogP contribution < -0.4 is 5.32 Å². The van der Waals surface area contributed by atoms with Crippen LogP contribution in [0.25, 0.3) is 0 Å². The number of hydrogen-bond acceptors (Lipinski definition) is 2. The average Bonchev–Trinajstić information content (AvgIpc) is 2.47. The molecule has 1 aliphatic heterocycles. The zero-order valence-corrected chi connectivity index (χ0v) is 14.8. The topological polar surface area (TPSA) is 32.3 Å². The molecule has 0 aliphatic carbocycles. The second kappa shape index (κ2) is 7.57. The van der Waals surface area contributed by atoms with Crippen LogP contribution in [0.2, 0.25) is 0 Å². The molecule has 0 bridgehead atoms. The summed E-state index contributed by atoms with van der Waals surface area (Å²) in [6.07, 6.45) is 3.07. The molecule has 0 aromatic heterocycles. The Morgan fingerprint density at radius 1 is 1.35 bits per heavy atom. The maximum Gasteiger partial charge on any atom is 0.255 e. The maximum atomic E-state index is 12.9. The minimum absolute atomic E-state index is 0.131. The fourth-order valence-electron chi connectivity index (χ4n) is 2.63. The molecule has 1 heterocycles. The molecule has 2 rings (SSSR count). The molecule has 20 heavy (non-hydrogen) atoms. The summed E-state index contributed by atoms with van der Waals surface area (Å²) < 4.78 is 1.80. The number of piperidine rings is 1. The summed E-state index contributed by atoms with van der Waals surface area (Å²) in [7, 11) is 0. The highest BCUT2D eigenvalue weighted by molar-refractivity contribution is 9.11. The van der Waals surface area contributed by atoms with E-state index in [0.29, 0.717) is 6.04 Å². The van der Waals surface area contributed by atoms with Crippen molar-refractivity contribution in [2.45, 2.75) is 32.2 Å². The highest BCUT2D eigenvalue weighted by Gasteiger charge is 2.26. The van der Waals surface area contributed by atoms with Crippen LogP contribution in [0.5, 0.6) is 0 Å². The molecule has 0 saturated carbocycles. The van der Waals surface area contributed by atoms with Gasteiger partial charge in [-0.2, -0.15) is 0 Å². The third kappa shape index (κ3) is 3.83. The Kier molecular flexibility index (Phi) is 6.05. The number of benzene rings is 1. The highest BCUT2D eigenvalue weighted by Crippen LogP contribution is 2.25. The summed E-state index contributed by atoms with van der Waals surface area (Å²) in [4.78, 5) is 14.9. The van der Waals surface area contributed by atoms with Crippen LogP contribution >= 0.6 is 31.9 Å². The number of carbonyl (C=O) groups is 1. The van der Waals surface area contributed by atoms with Crippen LogP contribution in [0.4, 0.5) is 0 Å². The summed E-state index contributed by atoms with van der Waals surface area (Å²) in [5, 5.41) is 3.36. The number of carbonyl (C=O) groups excluding carboxylic acids is 1. The Morgan fingerprint density at radius 2 is 2.05 bits per heavy atom. The third-order valence-corrected chi connectivity index (χ3v) is 4.82. The largest absolute Gasteiger partial charge is 0.336 e. The van der Waals surface area contributed by atoms with Gasteiger partial charge in [-0.3, -0.25) is 4.79 Å². The minimum Gasteiger partial charge on any atom is -0.336 e. The van der Waals surface area contributed by atoms with Gasteiger partial charge in [-0.1, -0.05) is 22.9 Å². The monoisotopic (exact) mass is 402 g/mol. The number of nitrogens with one attached hydrogen (secondary N) is 1. The lowest BCUT2D eigenvalue weighted by Crippen LogP contribution is -2.46. The molecule has 0 radical (unpaired) electrons. The first kappa shape index (κ1) is 16.0. The van der Waals surface area contributed by atoms with E-state index in [1.165, 1.54) is 0 Å². The molecular weight excluding hydrogens is 384 g/mol. The van der Waals surface area contributed by atoms with Crippen molar-refractivity contribution in [2.75, 3.05) is 19.6 Å². The van der Waals surface area contributed by atoms with Crippen LogP contribution in [0.1, 0.15) is 36.5 Å². The molecule has 1 N–H and O–H groups in total. The van der Waals surface area contributed by atoms with Gasteiger partial charge in [-0.25, -0.2) is 0 Å². The number of rotatable bonds is 4. The summed E-state index contributed by atoms with van der Waals surface area (Å²) >= 11 is 6.94. The Bertz CT molecular complexity index is 473. The van der Waals surface area contributed by atoms with Gasteiger partial charge in [0.25, 0.3) is 5.91 Å². The van der Waals surface area contributed by atoms with Gasteiger partial charge in [0.05, 0.1) is 5.56 Å². The lowest BCUT2D eigenvalue weighted by atomic mass is 10.0. The Balaban J connectivity index is 2.23. The van der Waals surface area contributed by atoms with Gasteiger partial charge in [0.2, 0.25) is 0 Å². The summed E-state index contributed by atoms with van der Waals surface area (Å²) in [5.74, 6) is 0.131. The number of nitrogens with zero attached hydrogens (tertiary/aromatic N) is 1. The number of hydrogen-bond donors (Lipinski definition) is 1.